The van der Waals surface area contributed by atoms with E-state index in [-0.39, 0.29) is 0 Å². The molecule has 2 rings (SSSR count). The Morgan fingerprint density at radius 3 is 2.70 bits per heavy atom. The van der Waals surface area contributed by atoms with Crippen LogP contribution < -0.4 is 4.74 Å². The van der Waals surface area contributed by atoms with E-state index < -0.39 is 5.97 Å². The number of thioether (sulfide) groups is 1. The van der Waals surface area contributed by atoms with E-state index in [1.165, 1.54) is 22.9 Å². The summed E-state index contributed by atoms with van der Waals surface area (Å²) >= 11 is 1.51. The smallest absolute Gasteiger partial charge is 0.336 e. The number of hydrogen-bond acceptors (Lipinski definition) is 3. The van der Waals surface area contributed by atoms with Gasteiger partial charge in [0.2, 0.25) is 0 Å². The van der Waals surface area contributed by atoms with Gasteiger partial charge in [0.05, 0.1) is 12.7 Å². The molecule has 0 heterocycles. The van der Waals surface area contributed by atoms with E-state index in [1.807, 2.05) is 25.1 Å². The topological polar surface area (TPSA) is 46.5 Å². The Kier molecular flexibility index (Phi) is 4.69. The molecular formula is C16H16O3S. The Labute approximate surface area is 122 Å². The molecule has 0 aromatic heterocycles. The van der Waals surface area contributed by atoms with E-state index in [2.05, 4.69) is 6.07 Å². The number of methoxy groups -OCH3 is 1. The number of carboxylic acid groups (broad SMARTS) is 1. The minimum absolute atomic E-state index is 0.309. The molecule has 2 aromatic rings. The van der Waals surface area contributed by atoms with E-state index in [1.54, 1.807) is 25.3 Å². The minimum Gasteiger partial charge on any atom is -0.497 e. The number of carboxylic acids is 1. The molecule has 3 nitrogen and oxygen atoms in total. The Morgan fingerprint density at radius 2 is 2.05 bits per heavy atom. The van der Waals surface area contributed by atoms with Crippen molar-refractivity contribution in [3.8, 4) is 5.75 Å². The summed E-state index contributed by atoms with van der Waals surface area (Å²) in [4.78, 5) is 12.0. The first-order valence-electron chi connectivity index (χ1n) is 6.20. The fourth-order valence-corrected chi connectivity index (χ4v) is 2.90. The van der Waals surface area contributed by atoms with Crippen molar-refractivity contribution in [3.05, 3.63) is 59.2 Å². The van der Waals surface area contributed by atoms with Crippen LogP contribution in [0, 0.1) is 6.92 Å². The first kappa shape index (κ1) is 14.5. The number of aromatic carboxylic acids is 1. The maximum absolute atomic E-state index is 11.2. The Morgan fingerprint density at radius 1 is 1.25 bits per heavy atom. The molecule has 2 aromatic carbocycles. The summed E-state index contributed by atoms with van der Waals surface area (Å²) in [5, 5.41) is 9.22. The minimum atomic E-state index is -0.917. The predicted molar refractivity (Wildman–Crippen MR) is 80.7 cm³/mol. The Bertz CT molecular complexity index is 623. The van der Waals surface area contributed by atoms with Crippen LogP contribution in [0.5, 0.6) is 5.75 Å². The van der Waals surface area contributed by atoms with E-state index >= 15 is 0 Å². The number of carbonyl (C=O) groups is 1. The standard InChI is InChI=1S/C16H16O3S/c1-11-4-3-5-12(8-11)10-20-15-9-13(19-2)6-7-14(15)16(17)18/h3-9H,10H2,1-2H3,(H,17,18). The Hall–Kier alpha value is -1.94. The average molecular weight is 288 g/mol. The highest BCUT2D eigenvalue weighted by Crippen LogP contribution is 2.30. The van der Waals surface area contributed by atoms with Gasteiger partial charge in [-0.1, -0.05) is 29.8 Å². The SMILES string of the molecule is COc1ccc(C(=O)O)c(SCc2cccc(C)c2)c1. The van der Waals surface area contributed by atoms with Crippen molar-refractivity contribution in [1.82, 2.24) is 0 Å². The molecule has 0 spiro atoms. The first-order valence-corrected chi connectivity index (χ1v) is 7.18. The van der Waals surface area contributed by atoms with Crippen LogP contribution in [0.25, 0.3) is 0 Å². The summed E-state index contributed by atoms with van der Waals surface area (Å²) in [7, 11) is 1.57. The van der Waals surface area contributed by atoms with Crippen molar-refractivity contribution < 1.29 is 14.6 Å². The molecule has 0 unspecified atom stereocenters. The molecule has 0 aliphatic rings. The van der Waals surface area contributed by atoms with E-state index in [4.69, 9.17) is 4.74 Å². The lowest BCUT2D eigenvalue weighted by Gasteiger charge is -2.08. The van der Waals surface area contributed by atoms with Gasteiger partial charge >= 0.3 is 5.97 Å². The van der Waals surface area contributed by atoms with Gasteiger partial charge in [-0.15, -0.1) is 11.8 Å². The van der Waals surface area contributed by atoms with Crippen molar-refractivity contribution >= 4 is 17.7 Å². The normalized spacial score (nSPS) is 10.3. The second kappa shape index (κ2) is 6.48. The van der Waals surface area contributed by atoms with Gasteiger partial charge in [-0.05, 0) is 30.7 Å². The van der Waals surface area contributed by atoms with Gasteiger partial charge < -0.3 is 9.84 Å². The highest BCUT2D eigenvalue weighted by molar-refractivity contribution is 7.98. The van der Waals surface area contributed by atoms with Crippen molar-refractivity contribution in [3.63, 3.8) is 0 Å². The Balaban J connectivity index is 2.21. The van der Waals surface area contributed by atoms with Gasteiger partial charge in [0.1, 0.15) is 5.75 Å². The van der Waals surface area contributed by atoms with Crippen LogP contribution >= 0.6 is 11.8 Å². The van der Waals surface area contributed by atoms with Gasteiger partial charge in [0.25, 0.3) is 0 Å². The van der Waals surface area contributed by atoms with Crippen LogP contribution in [0.4, 0.5) is 0 Å². The molecule has 4 heteroatoms. The fraction of sp³-hybridized carbons (Fsp3) is 0.188. The number of hydrogen-bond donors (Lipinski definition) is 1. The second-order valence-corrected chi connectivity index (χ2v) is 5.46. The van der Waals surface area contributed by atoms with Crippen molar-refractivity contribution in [1.29, 1.82) is 0 Å². The lowest BCUT2D eigenvalue weighted by atomic mass is 10.2. The molecule has 1 N–H and O–H groups in total. The number of ether oxygens (including phenoxy) is 1. The number of benzene rings is 2. The molecule has 0 fully saturated rings. The highest BCUT2D eigenvalue weighted by atomic mass is 32.2. The molecule has 0 bridgehead atoms. The van der Waals surface area contributed by atoms with Crippen molar-refractivity contribution in [2.45, 2.75) is 17.6 Å². The van der Waals surface area contributed by atoms with E-state index in [0.29, 0.717) is 11.3 Å². The van der Waals surface area contributed by atoms with Gasteiger partial charge in [0, 0.05) is 10.6 Å². The molecule has 0 radical (unpaired) electrons. The van der Waals surface area contributed by atoms with Crippen LogP contribution in [0.15, 0.2) is 47.4 Å². The summed E-state index contributed by atoms with van der Waals surface area (Å²) in [6, 6.07) is 13.2. The molecule has 20 heavy (non-hydrogen) atoms. The van der Waals surface area contributed by atoms with Crippen molar-refractivity contribution in [2.24, 2.45) is 0 Å². The third kappa shape index (κ3) is 3.54. The summed E-state index contributed by atoms with van der Waals surface area (Å²) in [5.74, 6) is 0.482. The van der Waals surface area contributed by atoms with Gasteiger partial charge in [-0.2, -0.15) is 0 Å². The van der Waals surface area contributed by atoms with Crippen LogP contribution in [0.3, 0.4) is 0 Å². The number of rotatable bonds is 5. The zero-order chi connectivity index (χ0) is 14.5. The third-order valence-corrected chi connectivity index (χ3v) is 4.02. The molecular weight excluding hydrogens is 272 g/mol. The molecule has 0 aliphatic carbocycles. The van der Waals surface area contributed by atoms with Gasteiger partial charge in [-0.3, -0.25) is 0 Å². The predicted octanol–water partition coefficient (Wildman–Crippen LogP) is 3.99. The van der Waals surface area contributed by atoms with Gasteiger partial charge in [0.15, 0.2) is 0 Å². The number of aryl methyl sites for hydroxylation is 1. The molecule has 0 aliphatic heterocycles. The quantitative estimate of drug-likeness (QED) is 0.845. The monoisotopic (exact) mass is 288 g/mol. The maximum Gasteiger partial charge on any atom is 0.336 e. The third-order valence-electron chi connectivity index (χ3n) is 2.90. The first-order chi connectivity index (χ1) is 9.60. The summed E-state index contributed by atoms with van der Waals surface area (Å²) in [6.07, 6.45) is 0. The fourth-order valence-electron chi connectivity index (χ4n) is 1.89. The van der Waals surface area contributed by atoms with E-state index in [9.17, 15) is 9.90 Å². The van der Waals surface area contributed by atoms with E-state index in [0.717, 1.165) is 10.6 Å². The van der Waals surface area contributed by atoms with Crippen molar-refractivity contribution in [2.75, 3.05) is 7.11 Å². The average Bonchev–Trinajstić information content (AvgIpc) is 2.44. The van der Waals surface area contributed by atoms with Crippen LogP contribution in [-0.2, 0) is 5.75 Å². The second-order valence-electron chi connectivity index (χ2n) is 4.44. The summed E-state index contributed by atoms with van der Waals surface area (Å²) < 4.78 is 5.15. The molecule has 0 atom stereocenters. The largest absolute Gasteiger partial charge is 0.497 e. The molecule has 104 valence electrons. The summed E-state index contributed by atoms with van der Waals surface area (Å²) in [6.45, 7) is 2.04. The molecule has 0 saturated heterocycles. The zero-order valence-electron chi connectivity index (χ0n) is 11.4. The van der Waals surface area contributed by atoms with Crippen LogP contribution in [-0.4, -0.2) is 18.2 Å². The van der Waals surface area contributed by atoms with Crippen LogP contribution in [0.1, 0.15) is 21.5 Å². The van der Waals surface area contributed by atoms with Crippen LogP contribution in [0.2, 0.25) is 0 Å². The molecule has 0 saturated carbocycles. The van der Waals surface area contributed by atoms with Gasteiger partial charge in [-0.25, -0.2) is 4.79 Å². The molecule has 0 amide bonds. The lowest BCUT2D eigenvalue weighted by Crippen LogP contribution is -1.99. The zero-order valence-corrected chi connectivity index (χ0v) is 12.2. The lowest BCUT2D eigenvalue weighted by molar-refractivity contribution is 0.0693. The highest BCUT2D eigenvalue weighted by Gasteiger charge is 2.11. The maximum atomic E-state index is 11.2. The summed E-state index contributed by atoms with van der Waals surface area (Å²) in [5.41, 5.74) is 2.69.